The van der Waals surface area contributed by atoms with E-state index >= 15 is 4.39 Å². The highest BCUT2D eigenvalue weighted by molar-refractivity contribution is 5.80. The fourth-order valence-electron chi connectivity index (χ4n) is 5.40. The molecule has 3 heterocycles. The van der Waals surface area contributed by atoms with Gasteiger partial charge < -0.3 is 15.1 Å². The van der Waals surface area contributed by atoms with Crippen molar-refractivity contribution in [3.8, 4) is 23.0 Å². The van der Waals surface area contributed by atoms with Crippen molar-refractivity contribution in [1.29, 1.82) is 0 Å². The molecule has 0 aliphatic carbocycles. The summed E-state index contributed by atoms with van der Waals surface area (Å²) < 4.78 is 15.3. The molecule has 1 aliphatic rings. The fraction of sp³-hybridized carbons (Fsp3) is 0.444. The molecule has 1 fully saturated rings. The lowest BCUT2D eigenvalue weighted by atomic mass is 9.90. The van der Waals surface area contributed by atoms with Crippen molar-refractivity contribution in [1.82, 2.24) is 14.9 Å². The number of benzene rings is 1. The predicted octanol–water partition coefficient (Wildman–Crippen LogP) is 7.90. The summed E-state index contributed by atoms with van der Waals surface area (Å²) >= 11 is 0. The van der Waals surface area contributed by atoms with Crippen molar-refractivity contribution in [2.75, 3.05) is 43.4 Å². The van der Waals surface area contributed by atoms with Crippen LogP contribution in [0, 0.1) is 30.5 Å². The van der Waals surface area contributed by atoms with Crippen LogP contribution in [0.4, 0.5) is 15.8 Å². The number of nitrogens with zero attached hydrogens (tertiary/aromatic N) is 4. The van der Waals surface area contributed by atoms with Gasteiger partial charge in [-0.2, -0.15) is 0 Å². The zero-order chi connectivity index (χ0) is 30.4. The van der Waals surface area contributed by atoms with Gasteiger partial charge in [0.15, 0.2) is 0 Å². The van der Waals surface area contributed by atoms with E-state index in [2.05, 4.69) is 86.3 Å². The summed E-state index contributed by atoms with van der Waals surface area (Å²) in [6, 6.07) is 9.54. The van der Waals surface area contributed by atoms with Crippen LogP contribution in [0.3, 0.4) is 0 Å². The van der Waals surface area contributed by atoms with Crippen molar-refractivity contribution in [3.05, 3.63) is 77.6 Å². The Kier molecular flexibility index (Phi) is 10.1. The number of pyridine rings is 2. The van der Waals surface area contributed by atoms with E-state index in [-0.39, 0.29) is 11.2 Å². The molecule has 42 heavy (non-hydrogen) atoms. The number of nitrogens with one attached hydrogen (secondary N) is 1. The molecule has 5 nitrogen and oxygen atoms in total. The van der Waals surface area contributed by atoms with Crippen molar-refractivity contribution in [2.45, 2.75) is 66.2 Å². The maximum atomic E-state index is 15.3. The van der Waals surface area contributed by atoms with Crippen molar-refractivity contribution < 1.29 is 4.39 Å². The van der Waals surface area contributed by atoms with Crippen molar-refractivity contribution in [2.24, 2.45) is 5.92 Å². The second-order valence-electron chi connectivity index (χ2n) is 12.5. The van der Waals surface area contributed by atoms with Crippen LogP contribution in [0.5, 0.6) is 0 Å². The zero-order valence-electron chi connectivity index (χ0n) is 26.4. The average molecular weight is 568 g/mol. The monoisotopic (exact) mass is 567 g/mol. The van der Waals surface area contributed by atoms with Crippen LogP contribution in [0.15, 0.2) is 49.3 Å². The van der Waals surface area contributed by atoms with Gasteiger partial charge in [0.05, 0.1) is 11.4 Å². The molecule has 1 saturated heterocycles. The third-order valence-corrected chi connectivity index (χ3v) is 7.77. The standard InChI is InChI=1S/C36H46FN5/c1-9-16-42(17-10-2)34-20-29(23-39-32(34)12-11-27-14-18-41(8)24-27)30-22-33(31(37)19-25(30)3)40-26(4)28-13-15-38-35(21-28)36(5,6)7/h13,15,19-23,27,40H,4,9-10,14,16-18,24H2,1-3,5-8H3. The van der Waals surface area contributed by atoms with E-state index in [4.69, 9.17) is 4.98 Å². The quantitative estimate of drug-likeness (QED) is 0.266. The molecule has 0 bridgehead atoms. The molecule has 222 valence electrons. The Hall–Kier alpha value is -3.69. The summed E-state index contributed by atoms with van der Waals surface area (Å²) in [5, 5.41) is 3.23. The number of hydrogen-bond donors (Lipinski definition) is 1. The first-order valence-electron chi connectivity index (χ1n) is 15.2. The Bertz CT molecular complexity index is 1470. The Balaban J connectivity index is 1.71. The topological polar surface area (TPSA) is 44.3 Å². The second-order valence-corrected chi connectivity index (χ2v) is 12.5. The minimum atomic E-state index is -0.321. The van der Waals surface area contributed by atoms with Crippen LogP contribution in [0.1, 0.15) is 76.4 Å². The van der Waals surface area contributed by atoms with Crippen LogP contribution in [-0.2, 0) is 5.41 Å². The second kappa shape index (κ2) is 13.5. The lowest BCUT2D eigenvalue weighted by Crippen LogP contribution is -2.26. The smallest absolute Gasteiger partial charge is 0.146 e. The Morgan fingerprint density at radius 2 is 1.88 bits per heavy atom. The molecule has 1 atom stereocenters. The van der Waals surface area contributed by atoms with Gasteiger partial charge in [-0.1, -0.05) is 47.1 Å². The molecule has 0 spiro atoms. The Labute approximate surface area is 252 Å². The third kappa shape index (κ3) is 7.57. The SMILES string of the molecule is C=C(Nc1cc(-c2cnc(C#CC3CCN(C)C3)c(N(CCC)CCC)c2)c(C)cc1F)c1ccnc(C(C)(C)C)c1. The van der Waals surface area contributed by atoms with E-state index in [1.165, 1.54) is 0 Å². The van der Waals surface area contributed by atoms with Gasteiger partial charge in [-0.3, -0.25) is 4.98 Å². The van der Waals surface area contributed by atoms with Crippen LogP contribution >= 0.6 is 0 Å². The Morgan fingerprint density at radius 1 is 1.14 bits per heavy atom. The summed E-state index contributed by atoms with van der Waals surface area (Å²) in [7, 11) is 2.15. The number of likely N-dealkylation sites (tertiary alicyclic amines) is 1. The van der Waals surface area contributed by atoms with Gasteiger partial charge in [-0.05, 0) is 87.2 Å². The maximum Gasteiger partial charge on any atom is 0.146 e. The van der Waals surface area contributed by atoms with Gasteiger partial charge in [0, 0.05) is 65.9 Å². The van der Waals surface area contributed by atoms with Gasteiger partial charge in [0.2, 0.25) is 0 Å². The summed E-state index contributed by atoms with van der Waals surface area (Å²) in [5.41, 5.74) is 7.31. The van der Waals surface area contributed by atoms with Crippen molar-refractivity contribution in [3.63, 3.8) is 0 Å². The summed E-state index contributed by atoms with van der Waals surface area (Å²) in [5.74, 6) is 6.97. The van der Waals surface area contributed by atoms with Crippen LogP contribution in [0.2, 0.25) is 0 Å². The van der Waals surface area contributed by atoms with Crippen molar-refractivity contribution >= 4 is 17.1 Å². The molecule has 2 aromatic heterocycles. The molecule has 1 unspecified atom stereocenters. The molecule has 1 N–H and O–H groups in total. The zero-order valence-corrected chi connectivity index (χ0v) is 26.4. The molecule has 4 rings (SSSR count). The molecule has 3 aromatic rings. The summed E-state index contributed by atoms with van der Waals surface area (Å²) in [4.78, 5) is 14.1. The largest absolute Gasteiger partial charge is 0.369 e. The van der Waals surface area contributed by atoms with Gasteiger partial charge in [-0.15, -0.1) is 0 Å². The molecule has 0 radical (unpaired) electrons. The van der Waals surface area contributed by atoms with Gasteiger partial charge >= 0.3 is 0 Å². The minimum Gasteiger partial charge on any atom is -0.369 e. The molecular weight excluding hydrogens is 521 g/mol. The first-order chi connectivity index (χ1) is 20.0. The molecule has 1 aromatic carbocycles. The normalized spacial score (nSPS) is 15.3. The van der Waals surface area contributed by atoms with E-state index in [9.17, 15) is 0 Å². The van der Waals surface area contributed by atoms with E-state index in [0.29, 0.717) is 17.3 Å². The highest BCUT2D eigenvalue weighted by Gasteiger charge is 2.20. The van der Waals surface area contributed by atoms with Gasteiger partial charge in [0.1, 0.15) is 11.5 Å². The molecular formula is C36H46FN5. The average Bonchev–Trinajstić information content (AvgIpc) is 3.37. The van der Waals surface area contributed by atoms with E-state index in [0.717, 1.165) is 84.8 Å². The molecule has 0 amide bonds. The highest BCUT2D eigenvalue weighted by Crippen LogP contribution is 2.33. The lowest BCUT2D eigenvalue weighted by molar-refractivity contribution is 0.409. The number of anilines is 2. The Morgan fingerprint density at radius 3 is 2.52 bits per heavy atom. The number of hydrogen-bond acceptors (Lipinski definition) is 5. The number of aryl methyl sites for hydroxylation is 1. The number of aromatic nitrogens is 2. The third-order valence-electron chi connectivity index (χ3n) is 7.77. The number of rotatable bonds is 9. The number of halogens is 1. The van der Waals surface area contributed by atoms with E-state index in [1.54, 1.807) is 12.3 Å². The molecule has 6 heteroatoms. The molecule has 0 saturated carbocycles. The fourth-order valence-corrected chi connectivity index (χ4v) is 5.40. The highest BCUT2D eigenvalue weighted by atomic mass is 19.1. The van der Waals surface area contributed by atoms with Crippen LogP contribution in [-0.4, -0.2) is 48.1 Å². The van der Waals surface area contributed by atoms with E-state index in [1.807, 2.05) is 31.3 Å². The van der Waals surface area contributed by atoms with Crippen LogP contribution < -0.4 is 10.2 Å². The van der Waals surface area contributed by atoms with Gasteiger partial charge in [-0.25, -0.2) is 9.37 Å². The predicted molar refractivity (Wildman–Crippen MR) is 175 cm³/mol. The van der Waals surface area contributed by atoms with E-state index < -0.39 is 0 Å². The lowest BCUT2D eigenvalue weighted by Gasteiger charge is -2.25. The summed E-state index contributed by atoms with van der Waals surface area (Å²) in [6.45, 7) is 20.9. The molecule has 1 aliphatic heterocycles. The maximum absolute atomic E-state index is 15.3. The van der Waals surface area contributed by atoms with Gasteiger partial charge in [0.25, 0.3) is 0 Å². The summed E-state index contributed by atoms with van der Waals surface area (Å²) in [6.07, 6.45) is 6.81. The van der Waals surface area contributed by atoms with Crippen LogP contribution in [0.25, 0.3) is 16.8 Å². The first kappa shape index (κ1) is 31.3. The minimum absolute atomic E-state index is 0.100. The first-order valence-corrected chi connectivity index (χ1v) is 15.2.